The normalized spacial score (nSPS) is 18.0. The highest BCUT2D eigenvalue weighted by atomic mass is 32.1. The van der Waals surface area contributed by atoms with Crippen molar-refractivity contribution in [3.8, 4) is 0 Å². The molecule has 1 atom stereocenters. The van der Waals surface area contributed by atoms with E-state index in [0.717, 1.165) is 42.6 Å². The molecule has 3 heterocycles. The zero-order chi connectivity index (χ0) is 16.2. The maximum Gasteiger partial charge on any atom is 0.261 e. The highest BCUT2D eigenvalue weighted by molar-refractivity contribution is 7.12. The van der Waals surface area contributed by atoms with Crippen LogP contribution in [0.2, 0.25) is 0 Å². The van der Waals surface area contributed by atoms with Crippen molar-refractivity contribution in [2.75, 3.05) is 39.8 Å². The van der Waals surface area contributed by atoms with Crippen molar-refractivity contribution < 1.29 is 9.21 Å². The first-order valence-corrected chi connectivity index (χ1v) is 8.82. The Balaban J connectivity index is 1.69. The van der Waals surface area contributed by atoms with E-state index >= 15 is 0 Å². The van der Waals surface area contributed by atoms with Gasteiger partial charge >= 0.3 is 0 Å². The van der Waals surface area contributed by atoms with Crippen LogP contribution < -0.4 is 5.32 Å². The van der Waals surface area contributed by atoms with Crippen molar-refractivity contribution in [1.29, 1.82) is 0 Å². The van der Waals surface area contributed by atoms with E-state index in [1.54, 1.807) is 0 Å². The lowest BCUT2D eigenvalue weighted by Crippen LogP contribution is -2.48. The number of carbonyl (C=O) groups excluding carboxylic acids is 1. The van der Waals surface area contributed by atoms with Gasteiger partial charge in [-0.05, 0) is 37.6 Å². The number of hydrogen-bond acceptors (Lipinski definition) is 5. The number of rotatable bonds is 5. The first kappa shape index (κ1) is 16.2. The Kier molecular flexibility index (Phi) is 5.15. The second-order valence-corrected chi connectivity index (χ2v) is 6.94. The molecule has 0 spiro atoms. The predicted octanol–water partition coefficient (Wildman–Crippen LogP) is 2.37. The number of amides is 1. The summed E-state index contributed by atoms with van der Waals surface area (Å²) in [5.74, 6) is 1.82. The van der Waals surface area contributed by atoms with E-state index in [1.165, 1.54) is 11.3 Å². The van der Waals surface area contributed by atoms with Gasteiger partial charge in [0, 0.05) is 32.7 Å². The van der Waals surface area contributed by atoms with Crippen LogP contribution >= 0.6 is 11.3 Å². The number of carbonyl (C=O) groups is 1. The Morgan fingerprint density at radius 1 is 1.30 bits per heavy atom. The number of hydrogen-bond donors (Lipinski definition) is 1. The van der Waals surface area contributed by atoms with Gasteiger partial charge in [-0.2, -0.15) is 0 Å². The topological polar surface area (TPSA) is 48.7 Å². The third-order valence-corrected chi connectivity index (χ3v) is 5.14. The monoisotopic (exact) mass is 333 g/mol. The summed E-state index contributed by atoms with van der Waals surface area (Å²) in [4.78, 5) is 17.7. The molecule has 1 amide bonds. The lowest BCUT2D eigenvalue weighted by atomic mass is 10.1. The first-order valence-electron chi connectivity index (χ1n) is 7.94. The van der Waals surface area contributed by atoms with Crippen LogP contribution in [0.4, 0.5) is 0 Å². The molecule has 0 aliphatic carbocycles. The summed E-state index contributed by atoms with van der Waals surface area (Å²) >= 11 is 1.46. The summed E-state index contributed by atoms with van der Waals surface area (Å²) in [7, 11) is 2.14. The van der Waals surface area contributed by atoms with Crippen LogP contribution in [0.3, 0.4) is 0 Å². The van der Waals surface area contributed by atoms with Crippen LogP contribution in [0.25, 0.3) is 0 Å². The van der Waals surface area contributed by atoms with Crippen LogP contribution in [0.5, 0.6) is 0 Å². The molecule has 124 valence electrons. The molecule has 5 nitrogen and oxygen atoms in total. The number of piperazine rings is 1. The summed E-state index contributed by atoms with van der Waals surface area (Å²) < 4.78 is 5.84. The van der Waals surface area contributed by atoms with Crippen molar-refractivity contribution in [2.24, 2.45) is 0 Å². The summed E-state index contributed by atoms with van der Waals surface area (Å²) in [6, 6.07) is 7.84. The van der Waals surface area contributed by atoms with Crippen LogP contribution in [-0.4, -0.2) is 55.5 Å². The standard InChI is InChI=1S/C17H23N3O2S/c1-13-5-6-15(22-13)14(20-9-7-19(2)8-10-20)12-18-17(21)16-4-3-11-23-16/h3-6,11,14H,7-10,12H2,1-2H3,(H,18,21)/t14-/m0/s1. The summed E-state index contributed by atoms with van der Waals surface area (Å²) in [6.45, 7) is 6.55. The molecule has 1 saturated heterocycles. The molecule has 1 aliphatic heterocycles. The van der Waals surface area contributed by atoms with Gasteiger partial charge in [0.25, 0.3) is 5.91 Å². The van der Waals surface area contributed by atoms with E-state index in [0.29, 0.717) is 6.54 Å². The van der Waals surface area contributed by atoms with E-state index in [4.69, 9.17) is 4.42 Å². The average Bonchev–Trinajstić information content (AvgIpc) is 3.21. The average molecular weight is 333 g/mol. The fraction of sp³-hybridized carbons (Fsp3) is 0.471. The second kappa shape index (κ2) is 7.29. The molecule has 1 aliphatic rings. The van der Waals surface area contributed by atoms with Crippen molar-refractivity contribution in [2.45, 2.75) is 13.0 Å². The second-order valence-electron chi connectivity index (χ2n) is 5.99. The fourth-order valence-electron chi connectivity index (χ4n) is 2.86. The largest absolute Gasteiger partial charge is 0.465 e. The molecule has 6 heteroatoms. The Hall–Kier alpha value is -1.63. The predicted molar refractivity (Wildman–Crippen MR) is 91.9 cm³/mol. The molecule has 23 heavy (non-hydrogen) atoms. The van der Waals surface area contributed by atoms with Crippen molar-refractivity contribution in [1.82, 2.24) is 15.1 Å². The van der Waals surface area contributed by atoms with E-state index in [9.17, 15) is 4.79 Å². The van der Waals surface area contributed by atoms with Crippen molar-refractivity contribution in [3.63, 3.8) is 0 Å². The maximum absolute atomic E-state index is 12.2. The highest BCUT2D eigenvalue weighted by Crippen LogP contribution is 2.23. The molecule has 3 rings (SSSR count). The Morgan fingerprint density at radius 3 is 2.70 bits per heavy atom. The van der Waals surface area contributed by atoms with Gasteiger partial charge in [-0.1, -0.05) is 6.07 Å². The molecule has 1 fully saturated rings. The minimum absolute atomic E-state index is 0.0117. The SMILES string of the molecule is Cc1ccc([C@H](CNC(=O)c2cccs2)N2CCN(C)CC2)o1. The van der Waals surface area contributed by atoms with Crippen LogP contribution in [0, 0.1) is 6.92 Å². The quantitative estimate of drug-likeness (QED) is 0.913. The van der Waals surface area contributed by atoms with Gasteiger partial charge in [-0.3, -0.25) is 9.69 Å². The van der Waals surface area contributed by atoms with Crippen LogP contribution in [-0.2, 0) is 0 Å². The van der Waals surface area contributed by atoms with Gasteiger partial charge in [-0.25, -0.2) is 0 Å². The maximum atomic E-state index is 12.2. The smallest absolute Gasteiger partial charge is 0.261 e. The number of nitrogens with zero attached hydrogens (tertiary/aromatic N) is 2. The fourth-order valence-corrected chi connectivity index (χ4v) is 3.50. The van der Waals surface area contributed by atoms with Gasteiger partial charge < -0.3 is 14.6 Å². The zero-order valence-electron chi connectivity index (χ0n) is 13.6. The number of likely N-dealkylation sites (N-methyl/N-ethyl adjacent to an activating group) is 1. The third-order valence-electron chi connectivity index (χ3n) is 4.27. The zero-order valence-corrected chi connectivity index (χ0v) is 14.4. The minimum Gasteiger partial charge on any atom is -0.465 e. The Labute approximate surface area is 140 Å². The number of aryl methyl sites for hydroxylation is 1. The first-order chi connectivity index (χ1) is 11.1. The van der Waals surface area contributed by atoms with Crippen LogP contribution in [0.1, 0.15) is 27.2 Å². The molecule has 1 N–H and O–H groups in total. The van der Waals surface area contributed by atoms with E-state index in [1.807, 2.05) is 36.6 Å². The van der Waals surface area contributed by atoms with Gasteiger partial charge in [0.05, 0.1) is 10.9 Å². The molecule has 0 unspecified atom stereocenters. The van der Waals surface area contributed by atoms with Gasteiger partial charge in [-0.15, -0.1) is 11.3 Å². The van der Waals surface area contributed by atoms with E-state index in [2.05, 4.69) is 22.2 Å². The third kappa shape index (κ3) is 4.02. The Morgan fingerprint density at radius 2 is 2.09 bits per heavy atom. The van der Waals surface area contributed by atoms with E-state index < -0.39 is 0 Å². The summed E-state index contributed by atoms with van der Waals surface area (Å²) in [5.41, 5.74) is 0. The van der Waals surface area contributed by atoms with E-state index in [-0.39, 0.29) is 11.9 Å². The van der Waals surface area contributed by atoms with Gasteiger partial charge in [0.15, 0.2) is 0 Å². The van der Waals surface area contributed by atoms with Gasteiger partial charge in [0.2, 0.25) is 0 Å². The molecule has 2 aromatic heterocycles. The minimum atomic E-state index is -0.0117. The molecular formula is C17H23N3O2S. The molecule has 0 radical (unpaired) electrons. The lowest BCUT2D eigenvalue weighted by Gasteiger charge is -2.37. The molecular weight excluding hydrogens is 310 g/mol. The molecule has 0 bridgehead atoms. The summed E-state index contributed by atoms with van der Waals surface area (Å²) in [6.07, 6.45) is 0. The molecule has 2 aromatic rings. The lowest BCUT2D eigenvalue weighted by molar-refractivity contribution is 0.0852. The van der Waals surface area contributed by atoms with Crippen molar-refractivity contribution >= 4 is 17.2 Å². The Bertz CT molecular complexity index is 630. The molecule has 0 saturated carbocycles. The van der Waals surface area contributed by atoms with Crippen molar-refractivity contribution in [3.05, 3.63) is 46.0 Å². The summed E-state index contributed by atoms with van der Waals surface area (Å²) in [5, 5.41) is 4.98. The molecule has 0 aromatic carbocycles. The van der Waals surface area contributed by atoms with Gasteiger partial charge in [0.1, 0.15) is 11.5 Å². The highest BCUT2D eigenvalue weighted by Gasteiger charge is 2.26. The number of nitrogens with one attached hydrogen (secondary N) is 1. The number of thiophene rings is 1. The van der Waals surface area contributed by atoms with Crippen LogP contribution in [0.15, 0.2) is 34.1 Å². The number of furan rings is 1.